The van der Waals surface area contributed by atoms with Crippen molar-refractivity contribution in [3.63, 3.8) is 0 Å². The van der Waals surface area contributed by atoms with Gasteiger partial charge in [-0.3, -0.25) is 14.6 Å². The lowest BCUT2D eigenvalue weighted by Gasteiger charge is -2.25. The Morgan fingerprint density at radius 3 is 2.73 bits per heavy atom. The molecule has 9 heteroatoms. The SMILES string of the molecule is CC(C)(C)c1cc(NC(=O)C2COc3ccccc3O2)n(-c2nc3c(c(=O)[nH]2)CCCC3)n1. The first-order valence-electron chi connectivity index (χ1n) is 11.2. The van der Waals surface area contributed by atoms with E-state index >= 15 is 0 Å². The summed E-state index contributed by atoms with van der Waals surface area (Å²) in [6.07, 6.45) is 2.65. The number of fused-ring (bicyclic) bond motifs is 2. The van der Waals surface area contributed by atoms with E-state index in [2.05, 4.69) is 20.4 Å². The lowest BCUT2D eigenvalue weighted by atomic mass is 9.92. The number of benzene rings is 1. The summed E-state index contributed by atoms with van der Waals surface area (Å²) < 4.78 is 13.0. The molecule has 2 aliphatic rings. The maximum Gasteiger partial charge on any atom is 0.270 e. The number of amides is 1. The van der Waals surface area contributed by atoms with Crippen LogP contribution in [0.1, 0.15) is 50.6 Å². The predicted molar refractivity (Wildman–Crippen MR) is 122 cm³/mol. The molecule has 2 aromatic heterocycles. The summed E-state index contributed by atoms with van der Waals surface area (Å²) in [6, 6.07) is 9.03. The van der Waals surface area contributed by atoms with Gasteiger partial charge in [0.15, 0.2) is 11.5 Å². The summed E-state index contributed by atoms with van der Waals surface area (Å²) in [5.74, 6) is 1.46. The first-order chi connectivity index (χ1) is 15.8. The zero-order chi connectivity index (χ0) is 23.2. The second-order valence-corrected chi connectivity index (χ2v) is 9.45. The van der Waals surface area contributed by atoms with Crippen molar-refractivity contribution in [2.75, 3.05) is 11.9 Å². The number of nitrogens with zero attached hydrogens (tertiary/aromatic N) is 3. The maximum atomic E-state index is 13.1. The van der Waals surface area contributed by atoms with Gasteiger partial charge in [0.25, 0.3) is 11.5 Å². The van der Waals surface area contributed by atoms with Gasteiger partial charge in [0.05, 0.1) is 11.4 Å². The first-order valence-corrected chi connectivity index (χ1v) is 11.2. The van der Waals surface area contributed by atoms with E-state index in [-0.39, 0.29) is 29.4 Å². The number of rotatable bonds is 3. The summed E-state index contributed by atoms with van der Waals surface area (Å²) in [4.78, 5) is 33.3. The Morgan fingerprint density at radius 2 is 1.94 bits per heavy atom. The standard InChI is InChI=1S/C24H27N5O4/c1-24(2,3)19-12-20(26-22(31)18-13-32-16-10-6-7-11-17(16)33-18)29(28-19)23-25-15-9-5-4-8-14(15)21(30)27-23/h6-7,10-12,18H,4-5,8-9,13H2,1-3H3,(H,26,31)(H,25,27,30). The quantitative estimate of drug-likeness (QED) is 0.636. The van der Waals surface area contributed by atoms with Gasteiger partial charge in [0.1, 0.15) is 12.4 Å². The molecule has 172 valence electrons. The normalized spacial score (nSPS) is 17.4. The van der Waals surface area contributed by atoms with Crippen molar-refractivity contribution in [3.05, 3.63) is 57.6 Å². The molecule has 0 fully saturated rings. The second-order valence-electron chi connectivity index (χ2n) is 9.45. The second kappa shape index (κ2) is 8.06. The van der Waals surface area contributed by atoms with Gasteiger partial charge >= 0.3 is 0 Å². The predicted octanol–water partition coefficient (Wildman–Crippen LogP) is 2.91. The molecule has 3 heterocycles. The molecule has 0 spiro atoms. The zero-order valence-corrected chi connectivity index (χ0v) is 19.0. The van der Waals surface area contributed by atoms with Crippen LogP contribution >= 0.6 is 0 Å². The number of hydrogen-bond donors (Lipinski definition) is 2. The van der Waals surface area contributed by atoms with Gasteiger partial charge in [0, 0.05) is 17.0 Å². The molecule has 33 heavy (non-hydrogen) atoms. The molecule has 2 N–H and O–H groups in total. The molecule has 0 saturated heterocycles. The highest BCUT2D eigenvalue weighted by molar-refractivity contribution is 5.94. The fourth-order valence-corrected chi connectivity index (χ4v) is 4.04. The Hall–Kier alpha value is -3.62. The number of carbonyl (C=O) groups excluding carboxylic acids is 1. The number of hydrogen-bond acceptors (Lipinski definition) is 6. The summed E-state index contributed by atoms with van der Waals surface area (Å²) in [6.45, 7) is 6.19. The molecule has 5 rings (SSSR count). The average Bonchev–Trinajstić information content (AvgIpc) is 3.23. The van der Waals surface area contributed by atoms with Crippen molar-refractivity contribution in [2.45, 2.75) is 58.0 Å². The number of H-pyrrole nitrogens is 1. The highest BCUT2D eigenvalue weighted by Crippen LogP contribution is 2.31. The van der Waals surface area contributed by atoms with Crippen LogP contribution in [0.3, 0.4) is 0 Å². The monoisotopic (exact) mass is 449 g/mol. The van der Waals surface area contributed by atoms with Crippen LogP contribution in [-0.4, -0.2) is 38.4 Å². The average molecular weight is 450 g/mol. The highest BCUT2D eigenvalue weighted by atomic mass is 16.6. The number of para-hydroxylation sites is 2. The van der Waals surface area contributed by atoms with Gasteiger partial charge in [0.2, 0.25) is 12.1 Å². The van der Waals surface area contributed by atoms with Gasteiger partial charge < -0.3 is 14.8 Å². The fourth-order valence-electron chi connectivity index (χ4n) is 4.04. The van der Waals surface area contributed by atoms with Crippen molar-refractivity contribution in [1.82, 2.24) is 19.7 Å². The molecule has 1 amide bonds. The van der Waals surface area contributed by atoms with Gasteiger partial charge in [-0.25, -0.2) is 4.98 Å². The minimum absolute atomic E-state index is 0.0943. The molecule has 1 atom stereocenters. The van der Waals surface area contributed by atoms with Gasteiger partial charge in [-0.2, -0.15) is 9.78 Å². The minimum Gasteiger partial charge on any atom is -0.485 e. The number of aromatic amines is 1. The van der Waals surface area contributed by atoms with Crippen LogP contribution in [0.4, 0.5) is 5.82 Å². The van der Waals surface area contributed by atoms with Gasteiger partial charge in [-0.15, -0.1) is 0 Å². The van der Waals surface area contributed by atoms with Crippen LogP contribution in [0.15, 0.2) is 35.1 Å². The van der Waals surface area contributed by atoms with Crippen molar-refractivity contribution in [3.8, 4) is 17.4 Å². The summed E-state index contributed by atoms with van der Waals surface area (Å²) in [5.41, 5.74) is 1.86. The molecule has 3 aromatic rings. The summed E-state index contributed by atoms with van der Waals surface area (Å²) in [7, 11) is 0. The zero-order valence-electron chi connectivity index (χ0n) is 19.0. The third-order valence-corrected chi connectivity index (χ3v) is 5.91. The third-order valence-electron chi connectivity index (χ3n) is 5.91. The highest BCUT2D eigenvalue weighted by Gasteiger charge is 2.30. The van der Waals surface area contributed by atoms with E-state index in [1.807, 2.05) is 32.9 Å². The Labute approximate surface area is 191 Å². The van der Waals surface area contributed by atoms with Crippen LogP contribution in [0.2, 0.25) is 0 Å². The van der Waals surface area contributed by atoms with E-state index in [4.69, 9.17) is 9.47 Å². The molecule has 0 saturated carbocycles. The van der Waals surface area contributed by atoms with Crippen molar-refractivity contribution >= 4 is 11.7 Å². The fraction of sp³-hybridized carbons (Fsp3) is 0.417. The first kappa shape index (κ1) is 21.2. The topological polar surface area (TPSA) is 111 Å². The van der Waals surface area contributed by atoms with E-state index in [1.165, 1.54) is 4.68 Å². The molecular weight excluding hydrogens is 422 g/mol. The molecule has 1 aliphatic carbocycles. The summed E-state index contributed by atoms with van der Waals surface area (Å²) >= 11 is 0. The lowest BCUT2D eigenvalue weighted by Crippen LogP contribution is -2.40. The Kier molecular flexibility index (Phi) is 5.19. The number of ether oxygens (including phenoxy) is 2. The van der Waals surface area contributed by atoms with Crippen LogP contribution in [-0.2, 0) is 23.1 Å². The van der Waals surface area contributed by atoms with Crippen molar-refractivity contribution in [2.24, 2.45) is 0 Å². The summed E-state index contributed by atoms with van der Waals surface area (Å²) in [5, 5.41) is 7.57. The smallest absolute Gasteiger partial charge is 0.270 e. The minimum atomic E-state index is -0.822. The molecule has 1 unspecified atom stereocenters. The van der Waals surface area contributed by atoms with E-state index in [0.29, 0.717) is 17.3 Å². The Balaban J connectivity index is 1.48. The van der Waals surface area contributed by atoms with Crippen LogP contribution in [0, 0.1) is 0 Å². The molecule has 9 nitrogen and oxygen atoms in total. The van der Waals surface area contributed by atoms with Crippen LogP contribution in [0.5, 0.6) is 11.5 Å². The van der Waals surface area contributed by atoms with Crippen molar-refractivity contribution in [1.29, 1.82) is 0 Å². The Bertz CT molecular complexity index is 1270. The maximum absolute atomic E-state index is 13.1. The number of aryl methyl sites for hydroxylation is 1. The molecule has 0 radical (unpaired) electrons. The van der Waals surface area contributed by atoms with E-state index in [1.54, 1.807) is 18.2 Å². The largest absolute Gasteiger partial charge is 0.485 e. The van der Waals surface area contributed by atoms with E-state index in [0.717, 1.165) is 42.6 Å². The number of carbonyl (C=O) groups is 1. The van der Waals surface area contributed by atoms with Crippen molar-refractivity contribution < 1.29 is 14.3 Å². The number of nitrogens with one attached hydrogen (secondary N) is 2. The third kappa shape index (κ3) is 4.10. The lowest BCUT2D eigenvalue weighted by molar-refractivity contribution is -0.125. The molecule has 0 bridgehead atoms. The molecular formula is C24H27N5O4. The molecule has 1 aromatic carbocycles. The number of aromatic nitrogens is 4. The number of anilines is 1. The van der Waals surface area contributed by atoms with Crippen LogP contribution < -0.4 is 20.3 Å². The van der Waals surface area contributed by atoms with Gasteiger partial charge in [-0.1, -0.05) is 32.9 Å². The Morgan fingerprint density at radius 1 is 1.18 bits per heavy atom. The van der Waals surface area contributed by atoms with E-state index < -0.39 is 6.10 Å². The molecule has 1 aliphatic heterocycles. The van der Waals surface area contributed by atoms with Crippen LogP contribution in [0.25, 0.3) is 5.95 Å². The van der Waals surface area contributed by atoms with E-state index in [9.17, 15) is 9.59 Å². The van der Waals surface area contributed by atoms with Gasteiger partial charge in [-0.05, 0) is 37.8 Å².